The number of hydrogen-bond acceptors (Lipinski definition) is 5. The third kappa shape index (κ3) is 4.32. The molecular formula is C13H14N4O3S. The monoisotopic (exact) mass is 306 g/mol. The first-order chi connectivity index (χ1) is 10.1. The molecule has 0 saturated heterocycles. The molecule has 0 radical (unpaired) electrons. The summed E-state index contributed by atoms with van der Waals surface area (Å²) in [6.07, 6.45) is 1.60. The maximum atomic E-state index is 11.7. The van der Waals surface area contributed by atoms with Gasteiger partial charge in [-0.25, -0.2) is 0 Å². The number of thioether (sulfide) groups is 1. The molecule has 0 atom stereocenters. The van der Waals surface area contributed by atoms with E-state index in [2.05, 4.69) is 15.5 Å². The van der Waals surface area contributed by atoms with Crippen LogP contribution in [0.15, 0.2) is 30.6 Å². The minimum atomic E-state index is -0.933. The average molecular weight is 306 g/mol. The fourth-order valence-electron chi connectivity index (χ4n) is 1.71. The molecule has 0 fully saturated rings. The quantitative estimate of drug-likeness (QED) is 0.833. The molecular weight excluding hydrogens is 292 g/mol. The molecule has 1 heterocycles. The number of carboxylic acids is 1. The van der Waals surface area contributed by atoms with Gasteiger partial charge in [-0.05, 0) is 12.1 Å². The van der Waals surface area contributed by atoms with Crippen LogP contribution in [-0.2, 0) is 16.6 Å². The molecule has 2 rings (SSSR count). The summed E-state index contributed by atoms with van der Waals surface area (Å²) in [6, 6.07) is 7.24. The topological polar surface area (TPSA) is 97.1 Å². The maximum absolute atomic E-state index is 11.7. The van der Waals surface area contributed by atoms with Gasteiger partial charge in [-0.3, -0.25) is 9.59 Å². The van der Waals surface area contributed by atoms with Crippen molar-refractivity contribution in [3.63, 3.8) is 0 Å². The highest BCUT2D eigenvalue weighted by Crippen LogP contribution is 2.20. The molecule has 21 heavy (non-hydrogen) atoms. The minimum Gasteiger partial charge on any atom is -0.481 e. The van der Waals surface area contributed by atoms with Gasteiger partial charge in [0.05, 0.1) is 11.5 Å². The van der Waals surface area contributed by atoms with Gasteiger partial charge in [0.1, 0.15) is 6.33 Å². The lowest BCUT2D eigenvalue weighted by atomic mass is 10.2. The van der Waals surface area contributed by atoms with Crippen LogP contribution in [0.4, 0.5) is 5.69 Å². The lowest BCUT2D eigenvalue weighted by Gasteiger charge is -2.07. The van der Waals surface area contributed by atoms with Crippen LogP contribution >= 0.6 is 11.8 Å². The number of rotatable bonds is 6. The van der Waals surface area contributed by atoms with Gasteiger partial charge in [-0.2, -0.15) is 0 Å². The minimum absolute atomic E-state index is 0.0909. The predicted molar refractivity (Wildman–Crippen MR) is 80.0 cm³/mol. The molecule has 1 aromatic carbocycles. The number of aryl methyl sites for hydroxylation is 1. The van der Waals surface area contributed by atoms with Gasteiger partial charge in [-0.15, -0.1) is 22.0 Å². The van der Waals surface area contributed by atoms with E-state index in [0.717, 1.165) is 17.3 Å². The number of anilines is 1. The van der Waals surface area contributed by atoms with Gasteiger partial charge in [0.25, 0.3) is 0 Å². The first-order valence-electron chi connectivity index (χ1n) is 6.10. The fourth-order valence-corrected chi connectivity index (χ4v) is 2.24. The van der Waals surface area contributed by atoms with Crippen LogP contribution in [0.25, 0.3) is 11.4 Å². The maximum Gasteiger partial charge on any atom is 0.313 e. The van der Waals surface area contributed by atoms with E-state index in [1.54, 1.807) is 23.0 Å². The molecule has 0 aliphatic carbocycles. The molecule has 1 amide bonds. The van der Waals surface area contributed by atoms with Crippen molar-refractivity contribution in [2.45, 2.75) is 0 Å². The molecule has 0 bridgehead atoms. The van der Waals surface area contributed by atoms with Crippen molar-refractivity contribution in [2.24, 2.45) is 7.05 Å². The van der Waals surface area contributed by atoms with Crippen LogP contribution in [-0.4, -0.2) is 43.3 Å². The Hall–Kier alpha value is -2.35. The van der Waals surface area contributed by atoms with Crippen LogP contribution in [0, 0.1) is 0 Å². The number of carboxylic acid groups (broad SMARTS) is 1. The zero-order valence-corrected chi connectivity index (χ0v) is 12.1. The van der Waals surface area contributed by atoms with Crippen LogP contribution in [0.3, 0.4) is 0 Å². The summed E-state index contributed by atoms with van der Waals surface area (Å²) in [7, 11) is 1.84. The van der Waals surface area contributed by atoms with E-state index >= 15 is 0 Å². The Morgan fingerprint density at radius 2 is 2.19 bits per heavy atom. The molecule has 110 valence electrons. The van der Waals surface area contributed by atoms with Crippen LogP contribution in [0.1, 0.15) is 0 Å². The Morgan fingerprint density at radius 3 is 2.86 bits per heavy atom. The number of aromatic nitrogens is 3. The smallest absolute Gasteiger partial charge is 0.313 e. The molecule has 8 heteroatoms. The van der Waals surface area contributed by atoms with E-state index < -0.39 is 5.97 Å². The predicted octanol–water partition coefficient (Wildman–Crippen LogP) is 1.24. The number of aliphatic carboxylic acids is 1. The number of benzene rings is 1. The average Bonchev–Trinajstić information content (AvgIpc) is 2.85. The highest BCUT2D eigenvalue weighted by Gasteiger charge is 2.08. The Bertz CT molecular complexity index is 656. The fraction of sp³-hybridized carbons (Fsp3) is 0.231. The first kappa shape index (κ1) is 15.0. The second-order valence-electron chi connectivity index (χ2n) is 4.28. The second kappa shape index (κ2) is 6.89. The Labute approximate surface area is 125 Å². The summed E-state index contributed by atoms with van der Waals surface area (Å²) in [5.41, 5.74) is 1.47. The van der Waals surface area contributed by atoms with Crippen molar-refractivity contribution < 1.29 is 14.7 Å². The zero-order chi connectivity index (χ0) is 15.2. The summed E-state index contributed by atoms with van der Waals surface area (Å²) in [5.74, 6) is -0.466. The molecule has 2 aromatic rings. The lowest BCUT2D eigenvalue weighted by Crippen LogP contribution is -2.15. The standard InChI is InChI=1S/C13H14N4O3S/c1-17-8-14-16-13(17)9-3-2-4-10(5-9)15-11(18)6-21-7-12(19)20/h2-5,8H,6-7H2,1H3,(H,15,18)(H,19,20). The van der Waals surface area contributed by atoms with Crippen molar-refractivity contribution in [3.05, 3.63) is 30.6 Å². The zero-order valence-electron chi connectivity index (χ0n) is 11.3. The Balaban J connectivity index is 2.00. The highest BCUT2D eigenvalue weighted by atomic mass is 32.2. The third-order valence-electron chi connectivity index (χ3n) is 2.57. The number of hydrogen-bond donors (Lipinski definition) is 2. The van der Waals surface area contributed by atoms with Gasteiger partial charge < -0.3 is 15.0 Å². The molecule has 0 spiro atoms. The van der Waals surface area contributed by atoms with Crippen molar-refractivity contribution in [1.29, 1.82) is 0 Å². The van der Waals surface area contributed by atoms with E-state index in [4.69, 9.17) is 5.11 Å². The largest absolute Gasteiger partial charge is 0.481 e. The highest BCUT2D eigenvalue weighted by molar-refractivity contribution is 8.00. The van der Waals surface area contributed by atoms with Gasteiger partial charge in [0.15, 0.2) is 5.82 Å². The number of nitrogens with zero attached hydrogens (tertiary/aromatic N) is 3. The molecule has 7 nitrogen and oxygen atoms in total. The number of nitrogens with one attached hydrogen (secondary N) is 1. The van der Waals surface area contributed by atoms with Crippen molar-refractivity contribution >= 4 is 29.3 Å². The SMILES string of the molecule is Cn1cnnc1-c1cccc(NC(=O)CSCC(=O)O)c1. The van der Waals surface area contributed by atoms with E-state index in [1.807, 2.05) is 19.2 Å². The van der Waals surface area contributed by atoms with E-state index in [1.165, 1.54) is 0 Å². The van der Waals surface area contributed by atoms with Crippen LogP contribution in [0.2, 0.25) is 0 Å². The number of carbonyl (C=O) groups is 2. The Kier molecular flexibility index (Phi) is 4.94. The summed E-state index contributed by atoms with van der Waals surface area (Å²) in [4.78, 5) is 22.1. The Morgan fingerprint density at radius 1 is 1.38 bits per heavy atom. The molecule has 0 unspecified atom stereocenters. The molecule has 2 N–H and O–H groups in total. The number of carbonyl (C=O) groups excluding carboxylic acids is 1. The molecule has 0 aliphatic heterocycles. The lowest BCUT2D eigenvalue weighted by molar-refractivity contribution is -0.133. The second-order valence-corrected chi connectivity index (χ2v) is 5.27. The van der Waals surface area contributed by atoms with Gasteiger partial charge >= 0.3 is 5.97 Å². The third-order valence-corrected chi connectivity index (χ3v) is 3.49. The van der Waals surface area contributed by atoms with Crippen LogP contribution < -0.4 is 5.32 Å². The van der Waals surface area contributed by atoms with Crippen molar-refractivity contribution in [3.8, 4) is 11.4 Å². The van der Waals surface area contributed by atoms with E-state index in [9.17, 15) is 9.59 Å². The number of amides is 1. The normalized spacial score (nSPS) is 10.3. The van der Waals surface area contributed by atoms with Crippen molar-refractivity contribution in [2.75, 3.05) is 16.8 Å². The molecule has 0 aliphatic rings. The van der Waals surface area contributed by atoms with Gasteiger partial charge in [0, 0.05) is 18.3 Å². The summed E-state index contributed by atoms with van der Waals surface area (Å²) in [6.45, 7) is 0. The molecule has 1 aromatic heterocycles. The first-order valence-corrected chi connectivity index (χ1v) is 7.25. The van der Waals surface area contributed by atoms with Gasteiger partial charge in [-0.1, -0.05) is 12.1 Å². The van der Waals surface area contributed by atoms with Gasteiger partial charge in [0.2, 0.25) is 5.91 Å². The van der Waals surface area contributed by atoms with E-state index in [0.29, 0.717) is 11.5 Å². The summed E-state index contributed by atoms with van der Waals surface area (Å²) in [5, 5.41) is 19.1. The van der Waals surface area contributed by atoms with Crippen LogP contribution in [0.5, 0.6) is 0 Å². The summed E-state index contributed by atoms with van der Waals surface area (Å²) >= 11 is 1.06. The summed E-state index contributed by atoms with van der Waals surface area (Å²) < 4.78 is 1.78. The molecule has 0 saturated carbocycles. The van der Waals surface area contributed by atoms with E-state index in [-0.39, 0.29) is 17.4 Å². The van der Waals surface area contributed by atoms with Crippen molar-refractivity contribution in [1.82, 2.24) is 14.8 Å².